The van der Waals surface area contributed by atoms with E-state index in [1.807, 2.05) is 4.90 Å². The van der Waals surface area contributed by atoms with E-state index in [0.29, 0.717) is 56.2 Å². The molecule has 11 nitrogen and oxygen atoms in total. The topological polar surface area (TPSA) is 129 Å². The van der Waals surface area contributed by atoms with Crippen LogP contribution in [0.3, 0.4) is 0 Å². The predicted molar refractivity (Wildman–Crippen MR) is 158 cm³/mol. The average Bonchev–Trinajstić information content (AvgIpc) is 3.60. The standard InChI is InChI=1S/C31H36ClFN6O5/c32-23-11-19(40)10-22-20(23)4-1-7-31(22)13-24-21(15-44-31)25(38-8-3-6-30(16-38)26(41)36-27(42)37-30)35-28(34-24)43-17-29-5-2-9-39(29)14-18(33)12-29/h10-11,18,40H,1-9,12-17H2,(H2,36,37,41,42)/t18-,29+,30-,31?/m1/s1. The minimum atomic E-state index is -1.04. The van der Waals surface area contributed by atoms with E-state index in [1.54, 1.807) is 12.1 Å². The van der Waals surface area contributed by atoms with Crippen LogP contribution in [0.15, 0.2) is 12.1 Å². The molecule has 44 heavy (non-hydrogen) atoms. The molecule has 0 bridgehead atoms. The van der Waals surface area contributed by atoms with Gasteiger partial charge in [-0.1, -0.05) is 11.6 Å². The summed E-state index contributed by atoms with van der Waals surface area (Å²) >= 11 is 6.58. The number of nitrogens with zero attached hydrogens (tertiary/aromatic N) is 4. The smallest absolute Gasteiger partial charge is 0.322 e. The van der Waals surface area contributed by atoms with Crippen LogP contribution >= 0.6 is 11.6 Å². The fourth-order valence-electron chi connectivity index (χ4n) is 8.65. The molecule has 0 saturated carbocycles. The highest BCUT2D eigenvalue weighted by Crippen LogP contribution is 2.49. The first-order chi connectivity index (χ1) is 21.2. The number of carbonyl (C=O) groups excluding carboxylic acids is 2. The Hall–Kier alpha value is -3.22. The van der Waals surface area contributed by atoms with Gasteiger partial charge in [0.1, 0.15) is 29.9 Å². The van der Waals surface area contributed by atoms with Gasteiger partial charge in [-0.2, -0.15) is 9.97 Å². The van der Waals surface area contributed by atoms with Gasteiger partial charge in [0, 0.05) is 36.5 Å². The Balaban J connectivity index is 1.17. The van der Waals surface area contributed by atoms with Crippen LogP contribution in [0.2, 0.25) is 5.02 Å². The van der Waals surface area contributed by atoms with Crippen LogP contribution in [-0.2, 0) is 34.6 Å². The van der Waals surface area contributed by atoms with Crippen molar-refractivity contribution in [2.24, 2.45) is 0 Å². The summed E-state index contributed by atoms with van der Waals surface area (Å²) in [6.07, 6.45) is 5.49. The SMILES string of the molecule is O=C1NC(=O)[C@]2(CCCN(c3nc(OC[C@@]45CCCN4C[C@H](F)C5)nc4c3COC3(CCCc5c(Cl)cc(O)cc53)C4)C2)N1. The number of nitrogens with one attached hydrogen (secondary N) is 2. The zero-order valence-corrected chi connectivity index (χ0v) is 25.2. The Labute approximate surface area is 259 Å². The van der Waals surface area contributed by atoms with Crippen molar-refractivity contribution in [3.8, 4) is 11.8 Å². The summed E-state index contributed by atoms with van der Waals surface area (Å²) in [6, 6.07) is 3.05. The fourth-order valence-corrected chi connectivity index (χ4v) is 8.96. The number of carbonyl (C=O) groups is 2. The molecule has 234 valence electrons. The first kappa shape index (κ1) is 28.3. The van der Waals surface area contributed by atoms with Crippen molar-refractivity contribution in [2.45, 2.75) is 87.2 Å². The van der Waals surface area contributed by atoms with Crippen LogP contribution in [0, 0.1) is 0 Å². The zero-order chi connectivity index (χ0) is 30.3. The largest absolute Gasteiger partial charge is 0.508 e. The van der Waals surface area contributed by atoms with E-state index in [0.717, 1.165) is 61.0 Å². The monoisotopic (exact) mass is 626 g/mol. The molecular formula is C31H36ClFN6O5. The summed E-state index contributed by atoms with van der Waals surface area (Å²) < 4.78 is 27.6. The van der Waals surface area contributed by atoms with E-state index in [9.17, 15) is 19.1 Å². The lowest BCUT2D eigenvalue weighted by Gasteiger charge is -2.44. The average molecular weight is 627 g/mol. The molecule has 5 aliphatic heterocycles. The molecule has 3 amide bonds. The van der Waals surface area contributed by atoms with Crippen LogP contribution in [0.25, 0.3) is 0 Å². The summed E-state index contributed by atoms with van der Waals surface area (Å²) in [4.78, 5) is 39.1. The van der Waals surface area contributed by atoms with Gasteiger partial charge in [-0.05, 0) is 74.8 Å². The molecule has 1 aromatic carbocycles. The molecule has 4 atom stereocenters. The van der Waals surface area contributed by atoms with Gasteiger partial charge >= 0.3 is 12.0 Å². The number of anilines is 1. The van der Waals surface area contributed by atoms with Crippen molar-refractivity contribution in [3.63, 3.8) is 0 Å². The molecule has 0 radical (unpaired) electrons. The third-order valence-corrected chi connectivity index (χ3v) is 11.0. The number of hydrogen-bond acceptors (Lipinski definition) is 9. The maximum atomic E-state index is 14.5. The summed E-state index contributed by atoms with van der Waals surface area (Å²) in [5.41, 5.74) is 1.33. The number of phenolic OH excluding ortho intramolecular Hbond substituents is 1. The summed E-state index contributed by atoms with van der Waals surface area (Å²) in [7, 11) is 0. The number of alkyl halides is 1. The maximum Gasteiger partial charge on any atom is 0.322 e. The number of amides is 3. The number of aromatic nitrogens is 2. The van der Waals surface area contributed by atoms with Crippen LogP contribution in [0.5, 0.6) is 11.8 Å². The van der Waals surface area contributed by atoms with Gasteiger partial charge in [-0.3, -0.25) is 15.0 Å². The van der Waals surface area contributed by atoms with Gasteiger partial charge in [0.2, 0.25) is 0 Å². The van der Waals surface area contributed by atoms with Gasteiger partial charge in [-0.25, -0.2) is 9.18 Å². The molecule has 2 spiro atoms. The molecule has 1 aliphatic carbocycles. The van der Waals surface area contributed by atoms with Gasteiger partial charge in [0.15, 0.2) is 0 Å². The molecule has 6 aliphatic rings. The molecule has 4 fully saturated rings. The number of phenols is 1. The van der Waals surface area contributed by atoms with Gasteiger partial charge in [0.25, 0.3) is 5.91 Å². The second-order valence-corrected chi connectivity index (χ2v) is 13.8. The zero-order valence-electron chi connectivity index (χ0n) is 24.5. The minimum absolute atomic E-state index is 0.0930. The number of benzene rings is 1. The van der Waals surface area contributed by atoms with E-state index in [-0.39, 0.29) is 36.4 Å². The highest BCUT2D eigenvalue weighted by Gasteiger charge is 2.51. The minimum Gasteiger partial charge on any atom is -0.508 e. The van der Waals surface area contributed by atoms with Crippen LogP contribution in [0.1, 0.15) is 67.3 Å². The highest BCUT2D eigenvalue weighted by molar-refractivity contribution is 6.31. The number of halogens is 2. The summed E-state index contributed by atoms with van der Waals surface area (Å²) in [6.45, 7) is 2.69. The summed E-state index contributed by atoms with van der Waals surface area (Å²) in [5, 5.41) is 16.2. The molecule has 2 aromatic rings. The third-order valence-electron chi connectivity index (χ3n) is 10.7. The number of urea groups is 1. The number of piperidine rings is 1. The molecule has 1 aromatic heterocycles. The number of aromatic hydroxyl groups is 1. The van der Waals surface area contributed by atoms with Crippen molar-refractivity contribution in [1.82, 2.24) is 25.5 Å². The highest BCUT2D eigenvalue weighted by atomic mass is 35.5. The van der Waals surface area contributed by atoms with Gasteiger partial charge in [0.05, 0.1) is 30.0 Å². The Morgan fingerprint density at radius 3 is 2.84 bits per heavy atom. The second-order valence-electron chi connectivity index (χ2n) is 13.4. The molecule has 4 saturated heterocycles. The van der Waals surface area contributed by atoms with Crippen molar-refractivity contribution < 1.29 is 28.6 Å². The van der Waals surface area contributed by atoms with Gasteiger partial charge in [-0.15, -0.1) is 0 Å². The normalized spacial score (nSPS) is 32.9. The number of fused-ring (bicyclic) bond motifs is 4. The lowest BCUT2D eigenvalue weighted by Crippen LogP contribution is -2.59. The van der Waals surface area contributed by atoms with Gasteiger partial charge < -0.3 is 24.8 Å². The Bertz CT molecular complexity index is 1560. The quantitative estimate of drug-likeness (QED) is 0.438. The Morgan fingerprint density at radius 2 is 2.00 bits per heavy atom. The van der Waals surface area contributed by atoms with Crippen molar-refractivity contribution >= 4 is 29.4 Å². The third kappa shape index (κ3) is 4.43. The molecule has 3 N–H and O–H groups in total. The number of imide groups is 1. The van der Waals surface area contributed by atoms with E-state index < -0.39 is 23.3 Å². The second kappa shape index (κ2) is 10.1. The number of hydrogen-bond donors (Lipinski definition) is 3. The predicted octanol–water partition coefficient (Wildman–Crippen LogP) is 3.27. The summed E-state index contributed by atoms with van der Waals surface area (Å²) in [5.74, 6) is 0.378. The molecule has 13 heteroatoms. The van der Waals surface area contributed by atoms with Crippen LogP contribution in [0.4, 0.5) is 15.0 Å². The molecule has 6 heterocycles. The number of rotatable bonds is 4. The first-order valence-corrected chi connectivity index (χ1v) is 16.0. The Morgan fingerprint density at radius 1 is 1.14 bits per heavy atom. The molecule has 1 unspecified atom stereocenters. The van der Waals surface area contributed by atoms with E-state index in [1.165, 1.54) is 0 Å². The maximum absolute atomic E-state index is 14.5. The molecule has 8 rings (SSSR count). The van der Waals surface area contributed by atoms with Crippen molar-refractivity contribution in [2.75, 3.05) is 37.7 Å². The lowest BCUT2D eigenvalue weighted by atomic mass is 9.74. The molecular weight excluding hydrogens is 591 g/mol. The van der Waals surface area contributed by atoms with Crippen molar-refractivity contribution in [3.05, 3.63) is 39.5 Å². The number of ether oxygens (including phenoxy) is 2. The lowest BCUT2D eigenvalue weighted by molar-refractivity contribution is -0.124. The van der Waals surface area contributed by atoms with E-state index >= 15 is 0 Å². The Kier molecular flexibility index (Phi) is 6.52. The first-order valence-electron chi connectivity index (χ1n) is 15.6. The van der Waals surface area contributed by atoms with Crippen molar-refractivity contribution in [1.29, 1.82) is 0 Å². The van der Waals surface area contributed by atoms with Crippen LogP contribution in [-0.4, -0.2) is 81.9 Å². The fraction of sp³-hybridized carbons (Fsp3) is 0.613. The van der Waals surface area contributed by atoms with E-state index in [2.05, 4.69) is 15.5 Å². The van der Waals surface area contributed by atoms with Crippen LogP contribution < -0.4 is 20.3 Å². The van der Waals surface area contributed by atoms with E-state index in [4.69, 9.17) is 31.0 Å².